The van der Waals surface area contributed by atoms with E-state index in [0.29, 0.717) is 5.56 Å². The molecule has 0 heterocycles. The predicted octanol–water partition coefficient (Wildman–Crippen LogP) is 3.21. The average molecular weight is 299 g/mol. The Morgan fingerprint density at radius 2 is 1.82 bits per heavy atom. The topological polar surface area (TPSA) is 101 Å². The van der Waals surface area contributed by atoms with Crippen LogP contribution in [0.1, 0.15) is 21.5 Å². The van der Waals surface area contributed by atoms with E-state index in [4.69, 9.17) is 0 Å². The van der Waals surface area contributed by atoms with Crippen molar-refractivity contribution >= 4 is 17.5 Å². The van der Waals surface area contributed by atoms with E-state index in [1.165, 1.54) is 12.2 Å². The van der Waals surface area contributed by atoms with Crippen LogP contribution in [0.3, 0.4) is 0 Å². The van der Waals surface area contributed by atoms with Gasteiger partial charge >= 0.3 is 5.69 Å². The first-order valence-electron chi connectivity index (χ1n) is 6.38. The Kier molecular flexibility index (Phi) is 4.22. The smallest absolute Gasteiger partial charge is 0.315 e. The summed E-state index contributed by atoms with van der Waals surface area (Å²) in [6, 6.07) is 9.18. The number of allylic oxidation sites excluding steroid dienone is 1. The number of nitro benzene ring substituents is 1. The van der Waals surface area contributed by atoms with Gasteiger partial charge in [-0.25, -0.2) is 0 Å². The van der Waals surface area contributed by atoms with Crippen LogP contribution in [0.5, 0.6) is 11.5 Å². The van der Waals surface area contributed by atoms with Crippen molar-refractivity contribution in [3.8, 4) is 11.5 Å². The highest BCUT2D eigenvalue weighted by molar-refractivity contribution is 6.06. The van der Waals surface area contributed by atoms with Gasteiger partial charge in [-0.05, 0) is 24.6 Å². The van der Waals surface area contributed by atoms with Crippen molar-refractivity contribution in [1.29, 1.82) is 0 Å². The molecule has 0 amide bonds. The molecule has 112 valence electrons. The molecule has 0 saturated heterocycles. The minimum atomic E-state index is -0.811. The summed E-state index contributed by atoms with van der Waals surface area (Å²) in [5.41, 5.74) is 1.13. The van der Waals surface area contributed by atoms with Crippen LogP contribution in [0.4, 0.5) is 5.69 Å². The summed E-state index contributed by atoms with van der Waals surface area (Å²) >= 11 is 0. The highest BCUT2D eigenvalue weighted by Crippen LogP contribution is 2.36. The van der Waals surface area contributed by atoms with E-state index in [1.54, 1.807) is 24.3 Å². The maximum Gasteiger partial charge on any atom is 0.315 e. The molecule has 0 bridgehead atoms. The van der Waals surface area contributed by atoms with E-state index in [1.807, 2.05) is 6.92 Å². The maximum absolute atomic E-state index is 12.0. The van der Waals surface area contributed by atoms with Crippen LogP contribution in [0, 0.1) is 17.0 Å². The molecular formula is C16H13NO5. The fourth-order valence-electron chi connectivity index (χ4n) is 1.85. The Morgan fingerprint density at radius 3 is 2.41 bits per heavy atom. The number of aryl methyl sites for hydroxylation is 1. The molecule has 0 fully saturated rings. The Balaban J connectivity index is 2.28. The number of aromatic hydroxyl groups is 2. The molecule has 0 aliphatic heterocycles. The van der Waals surface area contributed by atoms with E-state index in [2.05, 4.69) is 0 Å². The third-order valence-electron chi connectivity index (χ3n) is 3.05. The first kappa shape index (κ1) is 15.2. The number of phenols is 2. The molecule has 0 unspecified atom stereocenters. The highest BCUT2D eigenvalue weighted by Gasteiger charge is 2.18. The van der Waals surface area contributed by atoms with Crippen molar-refractivity contribution in [3.63, 3.8) is 0 Å². The zero-order chi connectivity index (χ0) is 16.3. The third-order valence-corrected chi connectivity index (χ3v) is 3.05. The third kappa shape index (κ3) is 3.29. The van der Waals surface area contributed by atoms with Gasteiger partial charge in [-0.3, -0.25) is 14.9 Å². The van der Waals surface area contributed by atoms with Gasteiger partial charge in [0.25, 0.3) is 0 Å². The Hall–Kier alpha value is -3.15. The first-order valence-corrected chi connectivity index (χ1v) is 6.38. The number of benzene rings is 2. The van der Waals surface area contributed by atoms with Crippen molar-refractivity contribution in [3.05, 3.63) is 69.3 Å². The molecule has 2 aromatic carbocycles. The first-order chi connectivity index (χ1) is 10.4. The summed E-state index contributed by atoms with van der Waals surface area (Å²) < 4.78 is 0. The molecule has 0 atom stereocenters. The van der Waals surface area contributed by atoms with Crippen LogP contribution in [-0.2, 0) is 0 Å². The Morgan fingerprint density at radius 1 is 1.18 bits per heavy atom. The zero-order valence-corrected chi connectivity index (χ0v) is 11.7. The SMILES string of the molecule is Cc1ccc(C(=O)C=Cc2cc(O)c(O)c([N+](=O)[O-])c2)cc1. The van der Waals surface area contributed by atoms with Crippen molar-refractivity contribution < 1.29 is 19.9 Å². The Bertz CT molecular complexity index is 763. The van der Waals surface area contributed by atoms with Gasteiger partial charge in [0, 0.05) is 11.6 Å². The van der Waals surface area contributed by atoms with Gasteiger partial charge in [-0.15, -0.1) is 0 Å². The van der Waals surface area contributed by atoms with Gasteiger partial charge in [0.2, 0.25) is 5.75 Å². The number of hydrogen-bond acceptors (Lipinski definition) is 5. The lowest BCUT2D eigenvalue weighted by atomic mass is 10.1. The van der Waals surface area contributed by atoms with Gasteiger partial charge < -0.3 is 10.2 Å². The van der Waals surface area contributed by atoms with Crippen LogP contribution in [0.15, 0.2) is 42.5 Å². The molecule has 6 nitrogen and oxygen atoms in total. The molecule has 0 radical (unpaired) electrons. The number of phenolic OH excluding ortho intramolecular Hbond substituents is 2. The fraction of sp³-hybridized carbons (Fsp3) is 0.0625. The molecule has 0 aliphatic rings. The minimum absolute atomic E-state index is 0.238. The average Bonchev–Trinajstić information content (AvgIpc) is 2.48. The molecule has 2 N–H and O–H groups in total. The van der Waals surface area contributed by atoms with Gasteiger partial charge in [0.05, 0.1) is 4.92 Å². The van der Waals surface area contributed by atoms with Gasteiger partial charge in [0.1, 0.15) is 0 Å². The van der Waals surface area contributed by atoms with E-state index >= 15 is 0 Å². The number of nitro groups is 1. The molecule has 6 heteroatoms. The van der Waals surface area contributed by atoms with Crippen LogP contribution in [-0.4, -0.2) is 20.9 Å². The summed E-state index contributed by atoms with van der Waals surface area (Å²) in [6.07, 6.45) is 2.59. The molecule has 0 aromatic heterocycles. The van der Waals surface area contributed by atoms with E-state index < -0.39 is 22.1 Å². The van der Waals surface area contributed by atoms with Crippen LogP contribution in [0.25, 0.3) is 6.08 Å². The van der Waals surface area contributed by atoms with E-state index in [9.17, 15) is 25.1 Å². The highest BCUT2D eigenvalue weighted by atomic mass is 16.6. The van der Waals surface area contributed by atoms with Crippen LogP contribution >= 0.6 is 0 Å². The van der Waals surface area contributed by atoms with Crippen molar-refractivity contribution in [2.24, 2.45) is 0 Å². The maximum atomic E-state index is 12.0. The molecule has 0 spiro atoms. The van der Waals surface area contributed by atoms with E-state index in [0.717, 1.165) is 17.7 Å². The number of hydrogen-bond donors (Lipinski definition) is 2. The number of carbonyl (C=O) groups is 1. The Labute approximate surface area is 126 Å². The lowest BCUT2D eigenvalue weighted by Gasteiger charge is -2.01. The largest absolute Gasteiger partial charge is 0.504 e. The number of carbonyl (C=O) groups excluding carboxylic acids is 1. The van der Waals surface area contributed by atoms with Crippen molar-refractivity contribution in [2.45, 2.75) is 6.92 Å². The molecule has 22 heavy (non-hydrogen) atoms. The second-order valence-electron chi connectivity index (χ2n) is 4.73. The number of ketones is 1. The normalized spacial score (nSPS) is 10.8. The quantitative estimate of drug-likeness (QED) is 0.297. The standard InChI is InChI=1S/C16H13NO5/c1-10-2-5-12(6-3-10)14(18)7-4-11-8-13(17(21)22)16(20)15(19)9-11/h2-9,19-20H,1H3. The van der Waals surface area contributed by atoms with Crippen LogP contribution in [0.2, 0.25) is 0 Å². The number of nitrogens with zero attached hydrogens (tertiary/aromatic N) is 1. The summed E-state index contributed by atoms with van der Waals surface area (Å²) in [5, 5.41) is 29.6. The van der Waals surface area contributed by atoms with Gasteiger partial charge in [-0.2, -0.15) is 0 Å². The molecule has 2 aromatic rings. The van der Waals surface area contributed by atoms with Gasteiger partial charge in [-0.1, -0.05) is 35.9 Å². The van der Waals surface area contributed by atoms with Crippen molar-refractivity contribution in [1.82, 2.24) is 0 Å². The summed E-state index contributed by atoms with van der Waals surface area (Å²) in [5.74, 6) is -1.68. The summed E-state index contributed by atoms with van der Waals surface area (Å²) in [4.78, 5) is 21.9. The van der Waals surface area contributed by atoms with Crippen molar-refractivity contribution in [2.75, 3.05) is 0 Å². The fourth-order valence-corrected chi connectivity index (χ4v) is 1.85. The summed E-state index contributed by atoms with van der Waals surface area (Å²) in [7, 11) is 0. The lowest BCUT2D eigenvalue weighted by Crippen LogP contribution is -1.94. The molecule has 0 aliphatic carbocycles. The lowest BCUT2D eigenvalue weighted by molar-refractivity contribution is -0.386. The van der Waals surface area contributed by atoms with Gasteiger partial charge in [0.15, 0.2) is 11.5 Å². The number of rotatable bonds is 4. The predicted molar refractivity (Wildman–Crippen MR) is 81.0 cm³/mol. The minimum Gasteiger partial charge on any atom is -0.504 e. The second kappa shape index (κ2) is 6.09. The molecule has 2 rings (SSSR count). The second-order valence-corrected chi connectivity index (χ2v) is 4.73. The molecular weight excluding hydrogens is 286 g/mol. The summed E-state index contributed by atoms with van der Waals surface area (Å²) in [6.45, 7) is 1.91. The monoisotopic (exact) mass is 299 g/mol. The van der Waals surface area contributed by atoms with Crippen LogP contribution < -0.4 is 0 Å². The van der Waals surface area contributed by atoms with E-state index in [-0.39, 0.29) is 11.3 Å². The zero-order valence-electron chi connectivity index (χ0n) is 11.7. The molecule has 0 saturated carbocycles.